The van der Waals surface area contributed by atoms with Crippen LogP contribution in [0, 0.1) is 0 Å². The molecule has 3 heteroatoms. The fourth-order valence-corrected chi connectivity index (χ4v) is 0.455. The first-order chi connectivity index (χ1) is 3.43. The maximum Gasteiger partial charge on any atom is 0.250 e. The van der Waals surface area contributed by atoms with E-state index in [0.29, 0.717) is 5.71 Å². The average molecular weight is 97.1 g/mol. The number of nitrogens with zero attached hydrogens (tertiary/aromatic N) is 1. The Morgan fingerprint density at radius 1 is 1.86 bits per heavy atom. The average Bonchev–Trinajstić information content (AvgIpc) is 2.14. The van der Waals surface area contributed by atoms with E-state index in [2.05, 4.69) is 10.5 Å². The number of hydrogen-bond acceptors (Lipinski definition) is 3. The Balaban J connectivity index is 2.51. The van der Waals surface area contributed by atoms with E-state index in [0.717, 1.165) is 13.0 Å². The molecule has 0 aromatic carbocycles. The second-order valence-electron chi connectivity index (χ2n) is 1.32. The molecule has 1 aliphatic heterocycles. The summed E-state index contributed by atoms with van der Waals surface area (Å²) in [6.45, 7) is 0.782. The Hall–Kier alpha value is -0.860. The molecule has 3 nitrogen and oxygen atoms in total. The molecule has 0 spiro atoms. The molecule has 0 bridgehead atoms. The van der Waals surface area contributed by atoms with Crippen molar-refractivity contribution in [3.63, 3.8) is 0 Å². The van der Waals surface area contributed by atoms with E-state index in [-0.39, 0.29) is 0 Å². The molecular formula is C4H5N2O. The largest absolute Gasteiger partial charge is 0.309 e. The Morgan fingerprint density at radius 3 is 3.00 bits per heavy atom. The molecule has 0 atom stereocenters. The van der Waals surface area contributed by atoms with Gasteiger partial charge >= 0.3 is 0 Å². The first-order valence-corrected chi connectivity index (χ1v) is 2.11. The van der Waals surface area contributed by atoms with Gasteiger partial charge in [0.05, 0.1) is 0 Å². The summed E-state index contributed by atoms with van der Waals surface area (Å²) in [4.78, 5) is 9.71. The third kappa shape index (κ3) is 0.765. The molecule has 7 heavy (non-hydrogen) atoms. The number of hydrazone groups is 1. The minimum atomic E-state index is 0.500. The van der Waals surface area contributed by atoms with Crippen molar-refractivity contribution in [3.8, 4) is 0 Å². The molecule has 1 radical (unpaired) electrons. The molecule has 0 saturated heterocycles. The summed E-state index contributed by atoms with van der Waals surface area (Å²) in [5.74, 6) is 0. The van der Waals surface area contributed by atoms with Crippen molar-refractivity contribution in [3.05, 3.63) is 0 Å². The van der Waals surface area contributed by atoms with Gasteiger partial charge in [0.2, 0.25) is 0 Å². The van der Waals surface area contributed by atoms with Gasteiger partial charge in [-0.2, -0.15) is 5.10 Å². The third-order valence-electron chi connectivity index (χ3n) is 0.805. The van der Waals surface area contributed by atoms with Gasteiger partial charge in [0.15, 0.2) is 0 Å². The van der Waals surface area contributed by atoms with Crippen LogP contribution in [0.1, 0.15) is 6.42 Å². The summed E-state index contributed by atoms with van der Waals surface area (Å²) in [5, 5.41) is 3.60. The van der Waals surface area contributed by atoms with Gasteiger partial charge in [-0.15, -0.1) is 0 Å². The molecule has 0 unspecified atom stereocenters. The van der Waals surface area contributed by atoms with Crippen molar-refractivity contribution in [2.45, 2.75) is 6.42 Å². The summed E-state index contributed by atoms with van der Waals surface area (Å²) in [6, 6.07) is 0. The zero-order valence-electron chi connectivity index (χ0n) is 3.77. The van der Waals surface area contributed by atoms with E-state index in [4.69, 9.17) is 0 Å². The van der Waals surface area contributed by atoms with Crippen molar-refractivity contribution >= 4 is 12.0 Å². The second kappa shape index (κ2) is 1.73. The van der Waals surface area contributed by atoms with Crippen LogP contribution in [0.4, 0.5) is 0 Å². The molecule has 0 fully saturated rings. The lowest BCUT2D eigenvalue weighted by molar-refractivity contribution is 0.566. The summed E-state index contributed by atoms with van der Waals surface area (Å²) in [5.41, 5.74) is 3.15. The number of rotatable bonds is 1. The maximum atomic E-state index is 9.71. The predicted molar refractivity (Wildman–Crippen MR) is 25.7 cm³/mol. The Kier molecular flexibility index (Phi) is 1.06. The third-order valence-corrected chi connectivity index (χ3v) is 0.805. The quantitative estimate of drug-likeness (QED) is 0.476. The standard InChI is InChI=1S/C4H5N2O/c7-3-4-1-2-5-6-4/h5H,1-2H2. The highest BCUT2D eigenvalue weighted by atomic mass is 16.1. The molecule has 1 rings (SSSR count). The molecule has 1 heterocycles. The lowest BCUT2D eigenvalue weighted by Gasteiger charge is -1.76. The van der Waals surface area contributed by atoms with E-state index in [1.54, 1.807) is 6.29 Å². The van der Waals surface area contributed by atoms with Crippen LogP contribution in [0.5, 0.6) is 0 Å². The van der Waals surface area contributed by atoms with Crippen molar-refractivity contribution < 1.29 is 4.79 Å². The van der Waals surface area contributed by atoms with Gasteiger partial charge in [-0.3, -0.25) is 4.79 Å². The molecule has 0 saturated carbocycles. The first kappa shape index (κ1) is 4.30. The summed E-state index contributed by atoms with van der Waals surface area (Å²) in [7, 11) is 0. The van der Waals surface area contributed by atoms with Gasteiger partial charge in [0.25, 0.3) is 6.29 Å². The SMILES string of the molecule is O=[C]C1=NNCC1. The van der Waals surface area contributed by atoms with Crippen LogP contribution < -0.4 is 5.43 Å². The van der Waals surface area contributed by atoms with Crippen LogP contribution in [0.25, 0.3) is 0 Å². The number of nitrogens with one attached hydrogen (secondary N) is 1. The molecule has 0 aromatic heterocycles. The van der Waals surface area contributed by atoms with E-state index >= 15 is 0 Å². The van der Waals surface area contributed by atoms with Crippen LogP contribution in [-0.4, -0.2) is 18.5 Å². The highest BCUT2D eigenvalue weighted by molar-refractivity contribution is 6.29. The van der Waals surface area contributed by atoms with Crippen molar-refractivity contribution in [1.82, 2.24) is 5.43 Å². The van der Waals surface area contributed by atoms with E-state index < -0.39 is 0 Å². The monoisotopic (exact) mass is 97.0 g/mol. The van der Waals surface area contributed by atoms with Crippen LogP contribution in [-0.2, 0) is 4.79 Å². The van der Waals surface area contributed by atoms with Crippen molar-refractivity contribution in [2.75, 3.05) is 6.54 Å². The topological polar surface area (TPSA) is 41.5 Å². The summed E-state index contributed by atoms with van der Waals surface area (Å²) in [6.07, 6.45) is 2.43. The lowest BCUT2D eigenvalue weighted by atomic mass is 10.3. The minimum absolute atomic E-state index is 0.500. The van der Waals surface area contributed by atoms with Gasteiger partial charge in [0, 0.05) is 13.0 Å². The van der Waals surface area contributed by atoms with Crippen molar-refractivity contribution in [1.29, 1.82) is 0 Å². The van der Waals surface area contributed by atoms with E-state index in [1.165, 1.54) is 0 Å². The molecule has 0 amide bonds. The highest BCUT2D eigenvalue weighted by Gasteiger charge is 2.02. The zero-order valence-corrected chi connectivity index (χ0v) is 3.77. The van der Waals surface area contributed by atoms with Crippen LogP contribution in [0.2, 0.25) is 0 Å². The van der Waals surface area contributed by atoms with Crippen LogP contribution in [0.3, 0.4) is 0 Å². The fraction of sp³-hybridized carbons (Fsp3) is 0.500. The van der Waals surface area contributed by atoms with E-state index in [9.17, 15) is 4.79 Å². The predicted octanol–water partition coefficient (Wildman–Crippen LogP) is -0.555. The van der Waals surface area contributed by atoms with Gasteiger partial charge in [0.1, 0.15) is 5.71 Å². The molecule has 0 aromatic rings. The smallest absolute Gasteiger partial charge is 0.250 e. The maximum absolute atomic E-state index is 9.71. The number of carbonyl (C=O) groups excluding carboxylic acids is 1. The highest BCUT2D eigenvalue weighted by Crippen LogP contribution is 1.87. The molecule has 37 valence electrons. The van der Waals surface area contributed by atoms with Crippen molar-refractivity contribution in [2.24, 2.45) is 5.10 Å². The van der Waals surface area contributed by atoms with Gasteiger partial charge in [-0.25, -0.2) is 0 Å². The summed E-state index contributed by atoms with van der Waals surface area (Å²) < 4.78 is 0. The molecule has 1 N–H and O–H groups in total. The Morgan fingerprint density at radius 2 is 2.71 bits per heavy atom. The van der Waals surface area contributed by atoms with Gasteiger partial charge in [-0.1, -0.05) is 0 Å². The first-order valence-electron chi connectivity index (χ1n) is 2.11. The van der Waals surface area contributed by atoms with Crippen LogP contribution >= 0.6 is 0 Å². The molecule has 0 aliphatic carbocycles. The lowest BCUT2D eigenvalue weighted by Crippen LogP contribution is -1.97. The van der Waals surface area contributed by atoms with Gasteiger partial charge < -0.3 is 5.43 Å². The van der Waals surface area contributed by atoms with Crippen LogP contribution in [0.15, 0.2) is 5.10 Å². The minimum Gasteiger partial charge on any atom is -0.309 e. The van der Waals surface area contributed by atoms with E-state index in [1.807, 2.05) is 0 Å². The fourth-order valence-electron chi connectivity index (χ4n) is 0.455. The molecular weight excluding hydrogens is 92.1 g/mol. The summed E-state index contributed by atoms with van der Waals surface area (Å²) >= 11 is 0. The normalized spacial score (nSPS) is 18.0. The molecule has 1 aliphatic rings. The number of hydrogen-bond donors (Lipinski definition) is 1. The Bertz CT molecular complexity index is 108. The zero-order chi connectivity index (χ0) is 5.11. The Labute approximate surface area is 41.4 Å². The van der Waals surface area contributed by atoms with Gasteiger partial charge in [-0.05, 0) is 0 Å². The second-order valence-corrected chi connectivity index (χ2v) is 1.32.